The van der Waals surface area contributed by atoms with Crippen molar-refractivity contribution in [2.24, 2.45) is 0 Å². The van der Waals surface area contributed by atoms with Gasteiger partial charge in [-0.1, -0.05) is 23.8 Å². The molecule has 0 fully saturated rings. The SMILES string of the molecule is COC[C@@H](C)NC(=O)c1c(COc2ccc(C)cc2)n(Cc2ccccn2)c(C)cc1=O. The highest BCUT2D eigenvalue weighted by Crippen LogP contribution is 2.17. The van der Waals surface area contributed by atoms with Crippen LogP contribution in [0.5, 0.6) is 5.75 Å². The van der Waals surface area contributed by atoms with Gasteiger partial charge in [-0.3, -0.25) is 14.6 Å². The van der Waals surface area contributed by atoms with E-state index in [-0.39, 0.29) is 23.6 Å². The second-order valence-electron chi connectivity index (χ2n) is 7.81. The van der Waals surface area contributed by atoms with Gasteiger partial charge in [0, 0.05) is 31.1 Å². The minimum atomic E-state index is -0.447. The molecule has 1 amide bonds. The topological polar surface area (TPSA) is 82.4 Å². The molecule has 32 heavy (non-hydrogen) atoms. The van der Waals surface area contributed by atoms with E-state index >= 15 is 0 Å². The number of carbonyl (C=O) groups excluding carboxylic acids is 1. The number of nitrogens with zero attached hydrogens (tertiary/aromatic N) is 2. The quantitative estimate of drug-likeness (QED) is 0.558. The fraction of sp³-hybridized carbons (Fsp3) is 0.320. The lowest BCUT2D eigenvalue weighted by atomic mass is 10.1. The van der Waals surface area contributed by atoms with E-state index in [9.17, 15) is 9.59 Å². The predicted molar refractivity (Wildman–Crippen MR) is 123 cm³/mol. The number of pyridine rings is 2. The summed E-state index contributed by atoms with van der Waals surface area (Å²) in [6.07, 6.45) is 1.72. The lowest BCUT2D eigenvalue weighted by Gasteiger charge is -2.21. The highest BCUT2D eigenvalue weighted by Gasteiger charge is 2.22. The van der Waals surface area contributed by atoms with Gasteiger partial charge in [-0.05, 0) is 45.0 Å². The van der Waals surface area contributed by atoms with E-state index in [2.05, 4.69) is 10.3 Å². The molecule has 7 nitrogen and oxygen atoms in total. The summed E-state index contributed by atoms with van der Waals surface area (Å²) < 4.78 is 13.0. The van der Waals surface area contributed by atoms with Crippen LogP contribution in [-0.4, -0.2) is 35.2 Å². The predicted octanol–water partition coefficient (Wildman–Crippen LogP) is 3.25. The van der Waals surface area contributed by atoms with Crippen LogP contribution >= 0.6 is 0 Å². The summed E-state index contributed by atoms with van der Waals surface area (Å²) in [5.74, 6) is 0.213. The number of aromatic nitrogens is 2. The maximum atomic E-state index is 13.1. The first-order valence-electron chi connectivity index (χ1n) is 10.5. The molecular formula is C25H29N3O4. The molecule has 3 rings (SSSR count). The first-order valence-corrected chi connectivity index (χ1v) is 10.5. The van der Waals surface area contributed by atoms with Crippen molar-refractivity contribution in [3.05, 3.63) is 93.2 Å². The molecule has 1 atom stereocenters. The van der Waals surface area contributed by atoms with Crippen molar-refractivity contribution in [1.82, 2.24) is 14.9 Å². The number of carbonyl (C=O) groups is 1. The number of ether oxygens (including phenoxy) is 2. The van der Waals surface area contributed by atoms with Gasteiger partial charge < -0.3 is 19.4 Å². The third kappa shape index (κ3) is 5.82. The van der Waals surface area contributed by atoms with Crippen LogP contribution < -0.4 is 15.5 Å². The Hall–Kier alpha value is -3.45. The molecule has 7 heteroatoms. The van der Waals surface area contributed by atoms with Crippen LogP contribution in [0.15, 0.2) is 59.5 Å². The van der Waals surface area contributed by atoms with Crippen LogP contribution in [0, 0.1) is 13.8 Å². The van der Waals surface area contributed by atoms with Crippen molar-refractivity contribution in [3.8, 4) is 5.75 Å². The number of hydrogen-bond donors (Lipinski definition) is 1. The fourth-order valence-electron chi connectivity index (χ4n) is 3.47. The number of amides is 1. The zero-order valence-electron chi connectivity index (χ0n) is 18.9. The third-order valence-corrected chi connectivity index (χ3v) is 5.09. The summed E-state index contributed by atoms with van der Waals surface area (Å²) in [6.45, 7) is 6.48. The normalized spacial score (nSPS) is 11.8. The van der Waals surface area contributed by atoms with Gasteiger partial charge in [-0.2, -0.15) is 0 Å². The lowest BCUT2D eigenvalue weighted by Crippen LogP contribution is -2.40. The standard InChI is InChI=1S/C25H29N3O4/c1-17-8-10-21(11-9-17)32-16-22-24(25(30)27-18(2)15-31-4)23(29)13-19(3)28(22)14-20-7-5-6-12-26-20/h5-13,18H,14-16H2,1-4H3,(H,27,30)/t18-/m1/s1. The molecule has 0 spiro atoms. The maximum absolute atomic E-state index is 13.1. The third-order valence-electron chi connectivity index (χ3n) is 5.09. The van der Waals surface area contributed by atoms with Crippen LogP contribution in [0.4, 0.5) is 0 Å². The number of hydrogen-bond acceptors (Lipinski definition) is 5. The van der Waals surface area contributed by atoms with Gasteiger partial charge in [0.15, 0.2) is 5.43 Å². The molecule has 2 heterocycles. The van der Waals surface area contributed by atoms with Gasteiger partial charge in [0.2, 0.25) is 0 Å². The highest BCUT2D eigenvalue weighted by atomic mass is 16.5. The summed E-state index contributed by atoms with van der Waals surface area (Å²) in [5.41, 5.74) is 2.89. The molecule has 0 saturated heterocycles. The maximum Gasteiger partial charge on any atom is 0.257 e. The summed E-state index contributed by atoms with van der Waals surface area (Å²) in [6, 6.07) is 14.5. The zero-order valence-corrected chi connectivity index (χ0v) is 18.9. The minimum Gasteiger partial charge on any atom is -0.487 e. The average molecular weight is 436 g/mol. The molecule has 0 saturated carbocycles. The Kier molecular flexibility index (Phi) is 7.78. The molecule has 0 aliphatic rings. The van der Waals surface area contributed by atoms with Crippen LogP contribution in [0.1, 0.15) is 39.9 Å². The molecule has 0 aliphatic carbocycles. The van der Waals surface area contributed by atoms with Gasteiger partial charge in [-0.15, -0.1) is 0 Å². The van der Waals surface area contributed by atoms with Gasteiger partial charge in [0.05, 0.1) is 24.5 Å². The second-order valence-corrected chi connectivity index (χ2v) is 7.81. The number of nitrogens with one attached hydrogen (secondary N) is 1. The number of methoxy groups -OCH3 is 1. The molecule has 0 unspecified atom stereocenters. The van der Waals surface area contributed by atoms with Crippen molar-refractivity contribution >= 4 is 5.91 Å². The smallest absolute Gasteiger partial charge is 0.257 e. The summed E-state index contributed by atoms with van der Waals surface area (Å²) in [5, 5.41) is 2.85. The van der Waals surface area contributed by atoms with E-state index in [1.807, 2.05) is 67.8 Å². The Morgan fingerprint density at radius 2 is 1.91 bits per heavy atom. The largest absolute Gasteiger partial charge is 0.487 e. The van der Waals surface area contributed by atoms with Crippen LogP contribution in [0.2, 0.25) is 0 Å². The van der Waals surface area contributed by atoms with E-state index < -0.39 is 5.91 Å². The van der Waals surface area contributed by atoms with Crippen molar-refractivity contribution < 1.29 is 14.3 Å². The van der Waals surface area contributed by atoms with Crippen molar-refractivity contribution in [2.75, 3.05) is 13.7 Å². The van der Waals surface area contributed by atoms with Crippen LogP contribution in [-0.2, 0) is 17.9 Å². The van der Waals surface area contributed by atoms with Gasteiger partial charge in [-0.25, -0.2) is 0 Å². The van der Waals surface area contributed by atoms with Crippen LogP contribution in [0.3, 0.4) is 0 Å². The number of aryl methyl sites for hydroxylation is 2. The molecule has 0 radical (unpaired) electrons. The first kappa shape index (κ1) is 23.2. The summed E-state index contributed by atoms with van der Waals surface area (Å²) >= 11 is 0. The number of rotatable bonds is 9. The molecule has 2 aromatic heterocycles. The monoisotopic (exact) mass is 435 g/mol. The highest BCUT2D eigenvalue weighted by molar-refractivity contribution is 5.95. The average Bonchev–Trinajstić information content (AvgIpc) is 2.76. The first-order chi connectivity index (χ1) is 15.4. The van der Waals surface area contributed by atoms with E-state index in [1.165, 1.54) is 6.07 Å². The molecule has 168 valence electrons. The zero-order chi connectivity index (χ0) is 23.1. The molecule has 0 aliphatic heterocycles. The van der Waals surface area contributed by atoms with Crippen LogP contribution in [0.25, 0.3) is 0 Å². The molecule has 3 aromatic rings. The molecule has 1 aromatic carbocycles. The van der Waals surface area contributed by atoms with Gasteiger partial charge >= 0.3 is 0 Å². The van der Waals surface area contributed by atoms with E-state index in [0.29, 0.717) is 24.6 Å². The Morgan fingerprint density at radius 3 is 2.56 bits per heavy atom. The Labute approximate surface area is 188 Å². The Morgan fingerprint density at radius 1 is 1.16 bits per heavy atom. The molecule has 0 bridgehead atoms. The summed E-state index contributed by atoms with van der Waals surface area (Å²) in [4.78, 5) is 30.4. The molecular weight excluding hydrogens is 406 g/mol. The van der Waals surface area contributed by atoms with Crippen molar-refractivity contribution in [2.45, 2.75) is 40.0 Å². The van der Waals surface area contributed by atoms with Gasteiger partial charge in [0.25, 0.3) is 5.91 Å². The van der Waals surface area contributed by atoms with E-state index in [1.54, 1.807) is 13.3 Å². The fourth-order valence-corrected chi connectivity index (χ4v) is 3.47. The molecule has 1 N–H and O–H groups in total. The van der Waals surface area contributed by atoms with Crippen molar-refractivity contribution in [1.29, 1.82) is 0 Å². The Bertz CT molecular complexity index is 1110. The van der Waals surface area contributed by atoms with E-state index in [4.69, 9.17) is 9.47 Å². The minimum absolute atomic E-state index is 0.0637. The Balaban J connectivity index is 2.03. The number of benzene rings is 1. The lowest BCUT2D eigenvalue weighted by molar-refractivity contribution is 0.0900. The van der Waals surface area contributed by atoms with Gasteiger partial charge in [0.1, 0.15) is 17.9 Å². The van der Waals surface area contributed by atoms with Crippen molar-refractivity contribution in [3.63, 3.8) is 0 Å². The van der Waals surface area contributed by atoms with E-state index in [0.717, 1.165) is 17.0 Å². The summed E-state index contributed by atoms with van der Waals surface area (Å²) in [7, 11) is 1.56. The second kappa shape index (κ2) is 10.7.